The van der Waals surface area contributed by atoms with Crippen molar-refractivity contribution < 1.29 is 9.15 Å². The number of anilines is 1. The fourth-order valence-electron chi connectivity index (χ4n) is 2.41. The summed E-state index contributed by atoms with van der Waals surface area (Å²) in [7, 11) is 1.84. The van der Waals surface area contributed by atoms with Crippen molar-refractivity contribution in [1.82, 2.24) is 4.98 Å². The molecule has 0 amide bonds. The predicted octanol–water partition coefficient (Wildman–Crippen LogP) is 5.07. The first kappa shape index (κ1) is 18.1. The molecular weight excluding hydrogens is 373 g/mol. The van der Waals surface area contributed by atoms with E-state index in [1.54, 1.807) is 18.2 Å². The van der Waals surface area contributed by atoms with Crippen molar-refractivity contribution in [2.45, 2.75) is 13.2 Å². The van der Waals surface area contributed by atoms with Crippen LogP contribution >= 0.6 is 23.2 Å². The lowest BCUT2D eigenvalue weighted by molar-refractivity contribution is 0.264. The minimum atomic E-state index is 0.0508. The number of nitriles is 1. The van der Waals surface area contributed by atoms with Crippen molar-refractivity contribution in [2.75, 3.05) is 11.9 Å². The highest BCUT2D eigenvalue weighted by atomic mass is 35.5. The average Bonchev–Trinajstić information content (AvgIpc) is 3.05. The first-order valence-corrected chi connectivity index (χ1v) is 8.55. The molecule has 132 valence electrons. The topological polar surface area (TPSA) is 62.3 Å². The van der Waals surface area contributed by atoms with Crippen molar-refractivity contribution >= 4 is 29.1 Å². The zero-order valence-corrected chi connectivity index (χ0v) is 15.5. The normalized spacial score (nSPS) is 10.4. The summed E-state index contributed by atoms with van der Waals surface area (Å²) < 4.78 is 11.3. The monoisotopic (exact) mass is 387 g/mol. The van der Waals surface area contributed by atoms with E-state index in [1.165, 1.54) is 0 Å². The van der Waals surface area contributed by atoms with Gasteiger partial charge in [-0.3, -0.25) is 0 Å². The van der Waals surface area contributed by atoms with E-state index < -0.39 is 0 Å². The molecule has 3 aromatic rings. The van der Waals surface area contributed by atoms with Crippen LogP contribution in [-0.2, 0) is 13.2 Å². The molecule has 0 unspecified atom stereocenters. The fraction of sp³-hybridized carbons (Fsp3) is 0.158. The largest absolute Gasteiger partial charge is 0.482 e. The van der Waals surface area contributed by atoms with E-state index in [0.29, 0.717) is 34.1 Å². The third-order valence-corrected chi connectivity index (χ3v) is 4.14. The van der Waals surface area contributed by atoms with Gasteiger partial charge in [0.1, 0.15) is 11.8 Å². The SMILES string of the molecule is CN(Cc1ccccc1)c1oc(COc2ccc(Cl)cc2Cl)nc1C#N. The maximum atomic E-state index is 9.33. The summed E-state index contributed by atoms with van der Waals surface area (Å²) in [6.45, 7) is 0.642. The van der Waals surface area contributed by atoms with Gasteiger partial charge in [-0.15, -0.1) is 0 Å². The Balaban J connectivity index is 1.73. The average molecular weight is 388 g/mol. The Labute approximate surface area is 161 Å². The fourth-order valence-corrected chi connectivity index (χ4v) is 2.87. The summed E-state index contributed by atoms with van der Waals surface area (Å²) >= 11 is 11.9. The van der Waals surface area contributed by atoms with E-state index in [2.05, 4.69) is 11.1 Å². The molecule has 3 rings (SSSR count). The minimum Gasteiger partial charge on any atom is -0.482 e. The van der Waals surface area contributed by atoms with Gasteiger partial charge in [0.25, 0.3) is 0 Å². The summed E-state index contributed by atoms with van der Waals surface area (Å²) in [5.41, 5.74) is 1.31. The van der Waals surface area contributed by atoms with Gasteiger partial charge in [0.05, 0.1) is 5.02 Å². The summed E-state index contributed by atoms with van der Waals surface area (Å²) in [6.07, 6.45) is 0. The minimum absolute atomic E-state index is 0.0508. The van der Waals surface area contributed by atoms with Crippen LogP contribution in [-0.4, -0.2) is 12.0 Å². The highest BCUT2D eigenvalue weighted by Gasteiger charge is 2.18. The number of rotatable bonds is 6. The number of ether oxygens (including phenoxy) is 1. The van der Waals surface area contributed by atoms with Crippen LogP contribution in [0.4, 0.5) is 5.88 Å². The quantitative estimate of drug-likeness (QED) is 0.590. The molecule has 1 heterocycles. The van der Waals surface area contributed by atoms with Crippen LogP contribution in [0.3, 0.4) is 0 Å². The number of aromatic nitrogens is 1. The van der Waals surface area contributed by atoms with Crippen LogP contribution in [0.2, 0.25) is 10.0 Å². The maximum Gasteiger partial charge on any atom is 0.236 e. The predicted molar refractivity (Wildman–Crippen MR) is 101 cm³/mol. The molecule has 0 aliphatic rings. The summed E-state index contributed by atoms with van der Waals surface area (Å²) in [5.74, 6) is 1.16. The summed E-state index contributed by atoms with van der Waals surface area (Å²) in [5, 5.41) is 10.2. The van der Waals surface area contributed by atoms with E-state index in [4.69, 9.17) is 32.4 Å². The molecule has 0 aliphatic carbocycles. The second-order valence-corrected chi connectivity index (χ2v) is 6.42. The molecule has 0 saturated carbocycles. The van der Waals surface area contributed by atoms with Gasteiger partial charge in [0.2, 0.25) is 17.5 Å². The van der Waals surface area contributed by atoms with Crippen LogP contribution in [0.15, 0.2) is 52.9 Å². The number of hydrogen-bond acceptors (Lipinski definition) is 5. The van der Waals surface area contributed by atoms with Gasteiger partial charge >= 0.3 is 0 Å². The van der Waals surface area contributed by atoms with Crippen molar-refractivity contribution in [3.8, 4) is 11.8 Å². The lowest BCUT2D eigenvalue weighted by atomic mass is 10.2. The third kappa shape index (κ3) is 4.29. The van der Waals surface area contributed by atoms with Gasteiger partial charge in [-0.1, -0.05) is 53.5 Å². The molecule has 0 fully saturated rings. The Morgan fingerprint density at radius 3 is 2.65 bits per heavy atom. The molecular formula is C19H15Cl2N3O2. The van der Waals surface area contributed by atoms with Crippen LogP contribution < -0.4 is 9.64 Å². The molecule has 0 aliphatic heterocycles. The molecule has 2 aromatic carbocycles. The molecule has 5 nitrogen and oxygen atoms in total. The first-order chi connectivity index (χ1) is 12.6. The Bertz CT molecular complexity index is 936. The number of benzene rings is 2. The molecule has 26 heavy (non-hydrogen) atoms. The van der Waals surface area contributed by atoms with Crippen LogP contribution in [0.5, 0.6) is 5.75 Å². The number of oxazole rings is 1. The number of nitrogens with zero attached hydrogens (tertiary/aromatic N) is 3. The smallest absolute Gasteiger partial charge is 0.236 e. The lowest BCUT2D eigenvalue weighted by Gasteiger charge is -2.15. The summed E-state index contributed by atoms with van der Waals surface area (Å²) in [6, 6.07) is 16.9. The van der Waals surface area contributed by atoms with E-state index in [9.17, 15) is 5.26 Å². The van der Waals surface area contributed by atoms with E-state index >= 15 is 0 Å². The Morgan fingerprint density at radius 2 is 1.96 bits per heavy atom. The molecule has 0 spiro atoms. The maximum absolute atomic E-state index is 9.33. The second-order valence-electron chi connectivity index (χ2n) is 5.58. The molecule has 0 saturated heterocycles. The van der Waals surface area contributed by atoms with E-state index in [0.717, 1.165) is 5.56 Å². The number of halogens is 2. The molecule has 0 bridgehead atoms. The zero-order chi connectivity index (χ0) is 18.5. The van der Waals surface area contributed by atoms with Gasteiger partial charge in [0, 0.05) is 18.6 Å². The molecule has 7 heteroatoms. The van der Waals surface area contributed by atoms with Crippen molar-refractivity contribution in [3.05, 3.63) is 75.7 Å². The first-order valence-electron chi connectivity index (χ1n) is 7.79. The lowest BCUT2D eigenvalue weighted by Crippen LogP contribution is -2.16. The Kier molecular flexibility index (Phi) is 5.67. The van der Waals surface area contributed by atoms with Crippen LogP contribution in [0.1, 0.15) is 17.1 Å². The summed E-state index contributed by atoms with van der Waals surface area (Å²) in [4.78, 5) is 6.02. The molecule has 1 aromatic heterocycles. The Morgan fingerprint density at radius 1 is 1.19 bits per heavy atom. The highest BCUT2D eigenvalue weighted by molar-refractivity contribution is 6.35. The third-order valence-electron chi connectivity index (χ3n) is 3.61. The van der Waals surface area contributed by atoms with Gasteiger partial charge in [-0.25, -0.2) is 0 Å². The Hall–Kier alpha value is -2.68. The van der Waals surface area contributed by atoms with E-state index in [-0.39, 0.29) is 12.3 Å². The van der Waals surface area contributed by atoms with Gasteiger partial charge in [0.15, 0.2) is 6.61 Å². The van der Waals surface area contributed by atoms with E-state index in [1.807, 2.05) is 42.3 Å². The standard InChI is InChI=1S/C19H15Cl2N3O2/c1-24(11-13-5-3-2-4-6-13)19-16(10-22)23-18(26-19)12-25-17-8-7-14(20)9-15(17)21/h2-9H,11-12H2,1H3. The highest BCUT2D eigenvalue weighted by Crippen LogP contribution is 2.29. The van der Waals surface area contributed by atoms with Crippen molar-refractivity contribution in [3.63, 3.8) is 0 Å². The van der Waals surface area contributed by atoms with Gasteiger partial charge in [-0.2, -0.15) is 10.2 Å². The van der Waals surface area contributed by atoms with Crippen molar-refractivity contribution in [1.29, 1.82) is 5.26 Å². The van der Waals surface area contributed by atoms with Crippen LogP contribution in [0.25, 0.3) is 0 Å². The van der Waals surface area contributed by atoms with Gasteiger partial charge in [-0.05, 0) is 23.8 Å². The van der Waals surface area contributed by atoms with Gasteiger partial charge < -0.3 is 14.1 Å². The molecule has 0 N–H and O–H groups in total. The molecule has 0 atom stereocenters. The molecule has 0 radical (unpaired) electrons. The number of hydrogen-bond donors (Lipinski definition) is 0. The van der Waals surface area contributed by atoms with Crippen LogP contribution in [0, 0.1) is 11.3 Å². The zero-order valence-electron chi connectivity index (χ0n) is 13.9. The second kappa shape index (κ2) is 8.13. The van der Waals surface area contributed by atoms with Crippen molar-refractivity contribution in [2.24, 2.45) is 0 Å².